The summed E-state index contributed by atoms with van der Waals surface area (Å²) in [6, 6.07) is 8.39. The van der Waals surface area contributed by atoms with Crippen LogP contribution in [0.25, 0.3) is 0 Å². The number of para-hydroxylation sites is 1. The molecule has 20 heavy (non-hydrogen) atoms. The van der Waals surface area contributed by atoms with E-state index in [4.69, 9.17) is 5.73 Å². The summed E-state index contributed by atoms with van der Waals surface area (Å²) in [4.78, 5) is 0.182. The van der Waals surface area contributed by atoms with Gasteiger partial charge in [0.05, 0.1) is 27.7 Å². The van der Waals surface area contributed by atoms with E-state index < -0.39 is 9.84 Å². The molecule has 0 aliphatic rings. The van der Waals surface area contributed by atoms with E-state index in [9.17, 15) is 8.42 Å². The minimum absolute atomic E-state index is 0.0813. The van der Waals surface area contributed by atoms with E-state index in [-0.39, 0.29) is 16.3 Å². The maximum atomic E-state index is 12.5. The van der Waals surface area contributed by atoms with Gasteiger partial charge in [0.15, 0.2) is 9.84 Å². The number of rotatable bonds is 5. The molecule has 0 amide bonds. The third-order valence-electron chi connectivity index (χ3n) is 3.17. The van der Waals surface area contributed by atoms with Crippen molar-refractivity contribution in [3.63, 3.8) is 0 Å². The topological polar surface area (TPSA) is 78.0 Å². The van der Waals surface area contributed by atoms with E-state index in [0.29, 0.717) is 12.2 Å². The van der Waals surface area contributed by atoms with E-state index in [2.05, 4.69) is 5.10 Å². The summed E-state index contributed by atoms with van der Waals surface area (Å²) in [5.41, 5.74) is 7.65. The molecule has 0 fully saturated rings. The number of nitrogen functional groups attached to an aromatic ring is 1. The average Bonchev–Trinajstić information content (AvgIpc) is 2.80. The molecule has 0 unspecified atom stereocenters. The first-order valence-corrected chi connectivity index (χ1v) is 8.26. The van der Waals surface area contributed by atoms with Gasteiger partial charge in [0, 0.05) is 6.54 Å². The number of anilines is 1. The standard InChI is InChI=1S/C14H19N3O2S/c1-3-11-9-12(17(4-2)16-11)10-20(18,19)14-8-6-5-7-13(14)15/h5-9H,3-4,10,15H2,1-2H3. The molecule has 2 rings (SSSR count). The highest BCUT2D eigenvalue weighted by molar-refractivity contribution is 7.90. The van der Waals surface area contributed by atoms with Crippen molar-refractivity contribution in [2.24, 2.45) is 0 Å². The normalized spacial score (nSPS) is 11.7. The predicted molar refractivity (Wildman–Crippen MR) is 79.0 cm³/mol. The molecule has 1 aromatic carbocycles. The van der Waals surface area contributed by atoms with Crippen LogP contribution in [-0.2, 0) is 28.6 Å². The molecule has 0 radical (unpaired) electrons. The molecule has 0 saturated heterocycles. The van der Waals surface area contributed by atoms with Gasteiger partial charge in [0.2, 0.25) is 0 Å². The Morgan fingerprint density at radius 2 is 1.95 bits per heavy atom. The van der Waals surface area contributed by atoms with Crippen molar-refractivity contribution in [3.8, 4) is 0 Å². The summed E-state index contributed by atoms with van der Waals surface area (Å²) in [5, 5.41) is 4.37. The molecular weight excluding hydrogens is 274 g/mol. The Kier molecular flexibility index (Phi) is 4.13. The second-order valence-electron chi connectivity index (χ2n) is 4.59. The van der Waals surface area contributed by atoms with E-state index in [1.54, 1.807) is 22.9 Å². The lowest BCUT2D eigenvalue weighted by molar-refractivity contribution is 0.585. The zero-order valence-electron chi connectivity index (χ0n) is 11.7. The Balaban J connectivity index is 2.38. The summed E-state index contributed by atoms with van der Waals surface area (Å²) in [6.45, 7) is 4.59. The number of hydrogen-bond donors (Lipinski definition) is 1. The van der Waals surface area contributed by atoms with E-state index in [0.717, 1.165) is 12.1 Å². The van der Waals surface area contributed by atoms with Crippen molar-refractivity contribution in [1.29, 1.82) is 0 Å². The summed E-state index contributed by atoms with van der Waals surface area (Å²) < 4.78 is 26.7. The van der Waals surface area contributed by atoms with Crippen molar-refractivity contribution in [2.45, 2.75) is 37.5 Å². The van der Waals surface area contributed by atoms with E-state index >= 15 is 0 Å². The number of nitrogens with zero attached hydrogens (tertiary/aromatic N) is 2. The van der Waals surface area contributed by atoms with E-state index in [1.165, 1.54) is 6.07 Å². The molecule has 2 aromatic rings. The third-order valence-corrected chi connectivity index (χ3v) is 4.89. The number of benzene rings is 1. The lowest BCUT2D eigenvalue weighted by atomic mass is 10.3. The number of aryl methyl sites for hydroxylation is 2. The van der Waals surface area contributed by atoms with Crippen LogP contribution in [0.15, 0.2) is 35.2 Å². The van der Waals surface area contributed by atoms with Crippen molar-refractivity contribution in [2.75, 3.05) is 5.73 Å². The molecule has 0 bridgehead atoms. The van der Waals surface area contributed by atoms with Crippen LogP contribution in [-0.4, -0.2) is 18.2 Å². The highest BCUT2D eigenvalue weighted by Crippen LogP contribution is 2.22. The van der Waals surface area contributed by atoms with Gasteiger partial charge in [-0.05, 0) is 31.5 Å². The Labute approximate surface area is 119 Å². The molecule has 5 nitrogen and oxygen atoms in total. The largest absolute Gasteiger partial charge is 0.398 e. The highest BCUT2D eigenvalue weighted by atomic mass is 32.2. The highest BCUT2D eigenvalue weighted by Gasteiger charge is 2.20. The first kappa shape index (κ1) is 14.6. The Bertz CT molecular complexity index is 705. The van der Waals surface area contributed by atoms with Gasteiger partial charge < -0.3 is 5.73 Å². The molecule has 108 valence electrons. The smallest absolute Gasteiger partial charge is 0.186 e. The van der Waals surface area contributed by atoms with Crippen LogP contribution in [0, 0.1) is 0 Å². The minimum Gasteiger partial charge on any atom is -0.398 e. The summed E-state index contributed by atoms with van der Waals surface area (Å²) >= 11 is 0. The zero-order valence-corrected chi connectivity index (χ0v) is 12.5. The van der Waals surface area contributed by atoms with Crippen LogP contribution in [0.4, 0.5) is 5.69 Å². The van der Waals surface area contributed by atoms with Gasteiger partial charge in [-0.15, -0.1) is 0 Å². The lowest BCUT2D eigenvalue weighted by Crippen LogP contribution is -2.12. The zero-order chi connectivity index (χ0) is 14.8. The number of sulfone groups is 1. The maximum Gasteiger partial charge on any atom is 0.186 e. The van der Waals surface area contributed by atoms with Gasteiger partial charge >= 0.3 is 0 Å². The quantitative estimate of drug-likeness (QED) is 0.855. The van der Waals surface area contributed by atoms with Gasteiger partial charge in [0.1, 0.15) is 0 Å². The van der Waals surface area contributed by atoms with Crippen molar-refractivity contribution in [3.05, 3.63) is 41.7 Å². The second-order valence-corrected chi connectivity index (χ2v) is 6.55. The summed E-state index contributed by atoms with van der Waals surface area (Å²) in [5.74, 6) is -0.0813. The molecule has 0 saturated carbocycles. The molecule has 6 heteroatoms. The molecule has 0 aliphatic heterocycles. The van der Waals surface area contributed by atoms with Gasteiger partial charge in [0.25, 0.3) is 0 Å². The molecule has 0 aliphatic carbocycles. The monoisotopic (exact) mass is 293 g/mol. The summed E-state index contributed by atoms with van der Waals surface area (Å²) in [7, 11) is -3.46. The Morgan fingerprint density at radius 3 is 2.55 bits per heavy atom. The van der Waals surface area contributed by atoms with Gasteiger partial charge in [-0.2, -0.15) is 5.10 Å². The fourth-order valence-corrected chi connectivity index (χ4v) is 3.60. The second kappa shape index (κ2) is 5.66. The first-order valence-electron chi connectivity index (χ1n) is 6.60. The van der Waals surface area contributed by atoms with Crippen molar-refractivity contribution < 1.29 is 8.42 Å². The first-order chi connectivity index (χ1) is 9.47. The van der Waals surface area contributed by atoms with Crippen molar-refractivity contribution >= 4 is 15.5 Å². The van der Waals surface area contributed by atoms with Crippen LogP contribution in [0.2, 0.25) is 0 Å². The molecular formula is C14H19N3O2S. The molecule has 2 N–H and O–H groups in total. The third kappa shape index (κ3) is 2.85. The van der Waals surface area contributed by atoms with Crippen LogP contribution in [0.5, 0.6) is 0 Å². The predicted octanol–water partition coefficient (Wildman–Crippen LogP) is 2.02. The van der Waals surface area contributed by atoms with Crippen molar-refractivity contribution in [1.82, 2.24) is 9.78 Å². The number of aromatic nitrogens is 2. The van der Waals surface area contributed by atoms with Gasteiger partial charge in [-0.1, -0.05) is 19.1 Å². The Morgan fingerprint density at radius 1 is 1.25 bits per heavy atom. The van der Waals surface area contributed by atoms with Crippen LogP contribution in [0.1, 0.15) is 25.2 Å². The fraction of sp³-hybridized carbons (Fsp3) is 0.357. The molecule has 1 aromatic heterocycles. The number of hydrogen-bond acceptors (Lipinski definition) is 4. The van der Waals surface area contributed by atoms with Crippen LogP contribution >= 0.6 is 0 Å². The van der Waals surface area contributed by atoms with Gasteiger partial charge in [-0.25, -0.2) is 8.42 Å². The molecule has 1 heterocycles. The molecule has 0 spiro atoms. The summed E-state index contributed by atoms with van der Waals surface area (Å²) in [6.07, 6.45) is 0.785. The van der Waals surface area contributed by atoms with Crippen LogP contribution < -0.4 is 5.73 Å². The lowest BCUT2D eigenvalue weighted by Gasteiger charge is -2.08. The fourth-order valence-electron chi connectivity index (χ4n) is 2.11. The SMILES string of the molecule is CCc1cc(CS(=O)(=O)c2ccccc2N)n(CC)n1. The van der Waals surface area contributed by atoms with Crippen LogP contribution in [0.3, 0.4) is 0 Å². The average molecular weight is 293 g/mol. The number of nitrogens with two attached hydrogens (primary N) is 1. The van der Waals surface area contributed by atoms with E-state index in [1.807, 2.05) is 19.9 Å². The maximum absolute atomic E-state index is 12.5. The Hall–Kier alpha value is -1.82. The molecule has 0 atom stereocenters. The van der Waals surface area contributed by atoms with Gasteiger partial charge in [-0.3, -0.25) is 4.68 Å². The minimum atomic E-state index is -3.46.